The zero-order chi connectivity index (χ0) is 16.7. The number of fused-ring (bicyclic) bond motifs is 1. The fraction of sp³-hybridized carbons (Fsp3) is 0.421. The highest BCUT2D eigenvalue weighted by Crippen LogP contribution is 2.27. The molecule has 0 aliphatic heterocycles. The Kier molecular flexibility index (Phi) is 6.41. The number of carbonyl (C=O) groups is 1. The summed E-state index contributed by atoms with van der Waals surface area (Å²) in [4.78, 5) is 10.6. The van der Waals surface area contributed by atoms with E-state index < -0.39 is 5.97 Å². The van der Waals surface area contributed by atoms with E-state index in [0.29, 0.717) is 5.75 Å². The van der Waals surface area contributed by atoms with Gasteiger partial charge in [-0.15, -0.1) is 0 Å². The number of carboxylic acid groups (broad SMARTS) is 1. The monoisotopic (exact) mass is 316 g/mol. The van der Waals surface area contributed by atoms with E-state index in [2.05, 4.69) is 12.1 Å². The molecule has 2 rings (SSSR count). The van der Waals surface area contributed by atoms with Crippen molar-refractivity contribution in [2.24, 2.45) is 0 Å². The van der Waals surface area contributed by atoms with E-state index in [0.717, 1.165) is 42.9 Å². The van der Waals surface area contributed by atoms with E-state index in [-0.39, 0.29) is 12.7 Å². The Morgan fingerprint density at radius 1 is 1.22 bits per heavy atom. The number of benzene rings is 2. The summed E-state index contributed by atoms with van der Waals surface area (Å²) < 4.78 is 5.33. The average molecular weight is 316 g/mol. The maximum absolute atomic E-state index is 10.6. The number of carboxylic acids is 1. The number of hydrogen-bond donors (Lipinski definition) is 2. The van der Waals surface area contributed by atoms with Crippen LogP contribution in [0.4, 0.5) is 0 Å². The van der Waals surface area contributed by atoms with Gasteiger partial charge in [0.1, 0.15) is 5.75 Å². The summed E-state index contributed by atoms with van der Waals surface area (Å²) in [6, 6.07) is 11.8. The van der Waals surface area contributed by atoms with E-state index in [1.165, 1.54) is 5.56 Å². The Morgan fingerprint density at radius 2 is 2.04 bits per heavy atom. The zero-order valence-electron chi connectivity index (χ0n) is 13.5. The van der Waals surface area contributed by atoms with Gasteiger partial charge in [-0.05, 0) is 42.7 Å². The van der Waals surface area contributed by atoms with Crippen molar-refractivity contribution in [2.75, 3.05) is 6.61 Å². The maximum atomic E-state index is 10.6. The zero-order valence-corrected chi connectivity index (χ0v) is 13.5. The van der Waals surface area contributed by atoms with Gasteiger partial charge in [0.05, 0.1) is 6.10 Å². The normalized spacial score (nSPS) is 12.3. The van der Waals surface area contributed by atoms with Crippen LogP contribution in [0.25, 0.3) is 10.8 Å². The lowest BCUT2D eigenvalue weighted by Crippen LogP contribution is -2.09. The first kappa shape index (κ1) is 17.3. The van der Waals surface area contributed by atoms with Crippen LogP contribution < -0.4 is 4.74 Å². The van der Waals surface area contributed by atoms with Gasteiger partial charge in [0.2, 0.25) is 0 Å². The summed E-state index contributed by atoms with van der Waals surface area (Å²) in [7, 11) is 0. The lowest BCUT2D eigenvalue weighted by Gasteiger charge is -2.10. The molecule has 0 saturated carbocycles. The van der Waals surface area contributed by atoms with Crippen LogP contribution in [-0.2, 0) is 11.2 Å². The summed E-state index contributed by atoms with van der Waals surface area (Å²) in [5.74, 6) is -0.379. The number of hydrogen-bond acceptors (Lipinski definition) is 3. The molecule has 0 spiro atoms. The molecule has 0 aliphatic carbocycles. The third kappa shape index (κ3) is 5.25. The van der Waals surface area contributed by atoms with Crippen LogP contribution >= 0.6 is 0 Å². The molecule has 2 aromatic carbocycles. The first-order chi connectivity index (χ1) is 11.1. The lowest BCUT2D eigenvalue weighted by atomic mass is 10.0. The number of aliphatic carboxylic acids is 1. The van der Waals surface area contributed by atoms with Crippen molar-refractivity contribution in [3.63, 3.8) is 0 Å². The van der Waals surface area contributed by atoms with Gasteiger partial charge in [0.25, 0.3) is 0 Å². The molecule has 124 valence electrons. The van der Waals surface area contributed by atoms with Gasteiger partial charge < -0.3 is 14.9 Å². The van der Waals surface area contributed by atoms with Gasteiger partial charge in [-0.2, -0.15) is 0 Å². The van der Waals surface area contributed by atoms with Gasteiger partial charge in [-0.3, -0.25) is 0 Å². The highest BCUT2D eigenvalue weighted by Gasteiger charge is 2.06. The second-order valence-corrected chi connectivity index (χ2v) is 5.80. The first-order valence-electron chi connectivity index (χ1n) is 8.14. The molecule has 0 aliphatic rings. The molecule has 0 radical (unpaired) electrons. The number of aliphatic hydroxyl groups is 1. The average Bonchev–Trinajstić information content (AvgIpc) is 2.56. The van der Waals surface area contributed by atoms with E-state index in [4.69, 9.17) is 9.84 Å². The largest absolute Gasteiger partial charge is 0.481 e. The van der Waals surface area contributed by atoms with Crippen molar-refractivity contribution in [2.45, 2.75) is 45.1 Å². The van der Waals surface area contributed by atoms with Gasteiger partial charge in [0, 0.05) is 5.39 Å². The Morgan fingerprint density at radius 3 is 2.78 bits per heavy atom. The molecule has 2 N–H and O–H groups in total. The van der Waals surface area contributed by atoms with Crippen molar-refractivity contribution in [3.05, 3.63) is 42.0 Å². The minimum absolute atomic E-state index is 0.180. The number of rotatable bonds is 9. The molecule has 0 heterocycles. The van der Waals surface area contributed by atoms with E-state index in [1.54, 1.807) is 6.07 Å². The smallest absolute Gasteiger partial charge is 0.341 e. The van der Waals surface area contributed by atoms with Crippen LogP contribution in [0.2, 0.25) is 0 Å². The molecule has 0 bridgehead atoms. The van der Waals surface area contributed by atoms with Gasteiger partial charge in [-0.25, -0.2) is 4.79 Å². The summed E-state index contributed by atoms with van der Waals surface area (Å²) in [6.07, 6.45) is 4.55. The third-order valence-electron chi connectivity index (χ3n) is 3.98. The van der Waals surface area contributed by atoms with E-state index in [1.807, 2.05) is 25.1 Å². The number of aryl methyl sites for hydroxylation is 1. The van der Waals surface area contributed by atoms with E-state index >= 15 is 0 Å². The molecule has 0 saturated heterocycles. The van der Waals surface area contributed by atoms with Crippen LogP contribution in [0.5, 0.6) is 5.75 Å². The highest BCUT2D eigenvalue weighted by molar-refractivity contribution is 5.89. The standard InChI is InChI=1S/C19H24O4/c1-2-16(20)8-4-3-6-14-10-11-17-15(12-14)7-5-9-18(17)23-13-19(21)22/h5,7,9-12,16,20H,2-4,6,8,13H2,1H3,(H,21,22). The molecule has 4 nitrogen and oxygen atoms in total. The SMILES string of the molecule is CCC(O)CCCCc1ccc2c(OCC(=O)O)cccc2c1. The van der Waals surface area contributed by atoms with Crippen LogP contribution in [0.3, 0.4) is 0 Å². The Labute approximate surface area is 136 Å². The van der Waals surface area contributed by atoms with Crippen molar-refractivity contribution >= 4 is 16.7 Å². The lowest BCUT2D eigenvalue weighted by molar-refractivity contribution is -0.139. The minimum Gasteiger partial charge on any atom is -0.481 e. The van der Waals surface area contributed by atoms with Crippen LogP contribution in [-0.4, -0.2) is 28.9 Å². The second-order valence-electron chi connectivity index (χ2n) is 5.80. The topological polar surface area (TPSA) is 66.8 Å². The van der Waals surface area contributed by atoms with Crippen LogP contribution in [0.1, 0.15) is 38.2 Å². The fourth-order valence-electron chi connectivity index (χ4n) is 2.64. The summed E-state index contributed by atoms with van der Waals surface area (Å²) in [5, 5.41) is 20.3. The summed E-state index contributed by atoms with van der Waals surface area (Å²) in [5.41, 5.74) is 1.25. The minimum atomic E-state index is -0.979. The Hall–Kier alpha value is -2.07. The van der Waals surface area contributed by atoms with Gasteiger partial charge in [-0.1, -0.05) is 43.7 Å². The predicted molar refractivity (Wildman–Crippen MR) is 90.9 cm³/mol. The quantitative estimate of drug-likeness (QED) is 0.691. The maximum Gasteiger partial charge on any atom is 0.341 e. The van der Waals surface area contributed by atoms with Crippen molar-refractivity contribution < 1.29 is 19.7 Å². The fourth-order valence-corrected chi connectivity index (χ4v) is 2.64. The van der Waals surface area contributed by atoms with E-state index in [9.17, 15) is 9.90 Å². The molecule has 1 unspecified atom stereocenters. The molecule has 2 aromatic rings. The van der Waals surface area contributed by atoms with Gasteiger partial charge in [0.15, 0.2) is 6.61 Å². The molecule has 1 atom stereocenters. The van der Waals surface area contributed by atoms with Crippen molar-refractivity contribution in [1.82, 2.24) is 0 Å². The Balaban J connectivity index is 2.00. The van der Waals surface area contributed by atoms with Crippen LogP contribution in [0.15, 0.2) is 36.4 Å². The molecule has 0 aromatic heterocycles. The molecule has 4 heteroatoms. The van der Waals surface area contributed by atoms with Gasteiger partial charge >= 0.3 is 5.97 Å². The van der Waals surface area contributed by atoms with Crippen LogP contribution in [0, 0.1) is 0 Å². The second kappa shape index (κ2) is 8.53. The summed E-state index contributed by atoms with van der Waals surface area (Å²) >= 11 is 0. The Bertz CT molecular complexity index is 651. The van der Waals surface area contributed by atoms with Crippen molar-refractivity contribution in [1.29, 1.82) is 0 Å². The third-order valence-corrected chi connectivity index (χ3v) is 3.98. The molecular weight excluding hydrogens is 292 g/mol. The molecule has 0 amide bonds. The molecular formula is C19H24O4. The molecule has 23 heavy (non-hydrogen) atoms. The number of ether oxygens (including phenoxy) is 1. The predicted octanol–water partition coefficient (Wildman–Crippen LogP) is 3.79. The number of unbranched alkanes of at least 4 members (excludes halogenated alkanes) is 1. The first-order valence-corrected chi connectivity index (χ1v) is 8.14. The highest BCUT2D eigenvalue weighted by atomic mass is 16.5. The van der Waals surface area contributed by atoms with Crippen molar-refractivity contribution in [3.8, 4) is 5.75 Å². The number of aliphatic hydroxyl groups excluding tert-OH is 1. The molecule has 0 fully saturated rings. The summed E-state index contributed by atoms with van der Waals surface area (Å²) in [6.45, 7) is 1.67.